The number of hydrogen-bond donors (Lipinski definition) is 0. The van der Waals surface area contributed by atoms with Crippen LogP contribution < -0.4 is 0 Å². The summed E-state index contributed by atoms with van der Waals surface area (Å²) in [6, 6.07) is 2.87. The molecular formula is C8H6FNO. The van der Waals surface area contributed by atoms with Crippen LogP contribution in [0.15, 0.2) is 31.0 Å². The quantitative estimate of drug-likeness (QED) is 0.365. The molecular weight excluding hydrogens is 145 g/mol. The van der Waals surface area contributed by atoms with Crippen LogP contribution in [-0.2, 0) is 0 Å². The Bertz CT molecular complexity index is 296. The van der Waals surface area contributed by atoms with Gasteiger partial charge in [-0.25, -0.2) is 4.98 Å². The predicted octanol–water partition coefficient (Wildman–Crippen LogP) is 1.59. The molecule has 0 aliphatic rings. The molecule has 0 radical (unpaired) electrons. The summed E-state index contributed by atoms with van der Waals surface area (Å²) in [5.41, 5.74) is -0.0394. The van der Waals surface area contributed by atoms with Crippen molar-refractivity contribution in [2.24, 2.45) is 0 Å². The molecule has 0 fully saturated rings. The monoisotopic (exact) mass is 151 g/mol. The first-order chi connectivity index (χ1) is 5.25. The second kappa shape index (κ2) is 3.05. The molecule has 1 aromatic heterocycles. The normalized spacial score (nSPS) is 9.18. The smallest absolute Gasteiger partial charge is 0.224 e. The predicted molar refractivity (Wildman–Crippen MR) is 38.7 cm³/mol. The number of pyridine rings is 1. The highest BCUT2D eigenvalue weighted by Gasteiger charge is 2.06. The highest BCUT2D eigenvalue weighted by molar-refractivity contribution is 6.04. The van der Waals surface area contributed by atoms with Crippen molar-refractivity contribution in [2.75, 3.05) is 0 Å². The van der Waals surface area contributed by atoms with E-state index in [4.69, 9.17) is 0 Å². The van der Waals surface area contributed by atoms with E-state index >= 15 is 0 Å². The second-order valence-corrected chi connectivity index (χ2v) is 1.91. The Balaban J connectivity index is 3.13. The van der Waals surface area contributed by atoms with E-state index in [1.807, 2.05) is 0 Å². The van der Waals surface area contributed by atoms with E-state index < -0.39 is 11.7 Å². The first kappa shape index (κ1) is 7.60. The van der Waals surface area contributed by atoms with Crippen LogP contribution >= 0.6 is 0 Å². The lowest BCUT2D eigenvalue weighted by Crippen LogP contribution is -1.99. The van der Waals surface area contributed by atoms with Crippen LogP contribution in [0.5, 0.6) is 0 Å². The molecule has 0 N–H and O–H groups in total. The van der Waals surface area contributed by atoms with Crippen LogP contribution in [0.1, 0.15) is 10.4 Å². The summed E-state index contributed by atoms with van der Waals surface area (Å²) in [5.74, 6) is -1.20. The summed E-state index contributed by atoms with van der Waals surface area (Å²) in [7, 11) is 0. The summed E-state index contributed by atoms with van der Waals surface area (Å²) >= 11 is 0. The van der Waals surface area contributed by atoms with Gasteiger partial charge in [0.1, 0.15) is 0 Å². The molecule has 0 bridgehead atoms. The van der Waals surface area contributed by atoms with Crippen LogP contribution in [0.25, 0.3) is 0 Å². The Morgan fingerprint density at radius 1 is 1.73 bits per heavy atom. The number of halogens is 1. The highest BCUT2D eigenvalue weighted by Crippen LogP contribution is 2.03. The van der Waals surface area contributed by atoms with Crippen LogP contribution in [-0.4, -0.2) is 10.8 Å². The first-order valence-electron chi connectivity index (χ1n) is 3.03. The lowest BCUT2D eigenvalue weighted by Gasteiger charge is -1.94. The van der Waals surface area contributed by atoms with Crippen LogP contribution in [0.4, 0.5) is 4.39 Å². The molecule has 1 rings (SSSR count). The number of allylic oxidation sites excluding steroid dienone is 1. The Labute approximate surface area is 63.4 Å². The summed E-state index contributed by atoms with van der Waals surface area (Å²) in [6.45, 7) is 3.23. The van der Waals surface area contributed by atoms with Gasteiger partial charge in [0.2, 0.25) is 5.95 Å². The van der Waals surface area contributed by atoms with Crippen molar-refractivity contribution in [3.8, 4) is 0 Å². The van der Waals surface area contributed by atoms with Crippen molar-refractivity contribution in [3.05, 3.63) is 42.5 Å². The fourth-order valence-electron chi connectivity index (χ4n) is 0.680. The number of carbonyl (C=O) groups is 1. The third-order valence-corrected chi connectivity index (χ3v) is 1.21. The molecule has 1 aromatic rings. The molecule has 3 heteroatoms. The summed E-state index contributed by atoms with van der Waals surface area (Å²) < 4.78 is 12.6. The van der Waals surface area contributed by atoms with Crippen LogP contribution in [0, 0.1) is 5.95 Å². The maximum absolute atomic E-state index is 12.6. The van der Waals surface area contributed by atoms with E-state index in [0.717, 1.165) is 6.08 Å². The molecule has 0 aromatic carbocycles. The van der Waals surface area contributed by atoms with Gasteiger partial charge in [0.15, 0.2) is 5.78 Å². The average molecular weight is 151 g/mol. The third-order valence-electron chi connectivity index (χ3n) is 1.21. The molecule has 0 aliphatic carbocycles. The minimum Gasteiger partial charge on any atom is -0.289 e. The molecule has 2 nitrogen and oxygen atoms in total. The third kappa shape index (κ3) is 1.49. The van der Waals surface area contributed by atoms with Crippen molar-refractivity contribution >= 4 is 5.78 Å². The SMILES string of the molecule is C=CC(=O)c1cccnc1F. The largest absolute Gasteiger partial charge is 0.289 e. The molecule has 0 saturated heterocycles. The van der Waals surface area contributed by atoms with E-state index in [1.165, 1.54) is 18.3 Å². The minimum absolute atomic E-state index is 0.0394. The van der Waals surface area contributed by atoms with Gasteiger partial charge in [-0.15, -0.1) is 0 Å². The van der Waals surface area contributed by atoms with Crippen molar-refractivity contribution < 1.29 is 9.18 Å². The molecule has 0 aliphatic heterocycles. The topological polar surface area (TPSA) is 30.0 Å². The number of rotatable bonds is 2. The maximum atomic E-state index is 12.6. The number of hydrogen-bond acceptors (Lipinski definition) is 2. The lowest BCUT2D eigenvalue weighted by atomic mass is 10.2. The van der Waals surface area contributed by atoms with Gasteiger partial charge in [-0.2, -0.15) is 4.39 Å². The van der Waals surface area contributed by atoms with Crippen LogP contribution in [0.2, 0.25) is 0 Å². The van der Waals surface area contributed by atoms with Gasteiger partial charge in [-0.3, -0.25) is 4.79 Å². The van der Waals surface area contributed by atoms with Gasteiger partial charge in [0.05, 0.1) is 5.56 Å². The van der Waals surface area contributed by atoms with Crippen molar-refractivity contribution in [2.45, 2.75) is 0 Å². The van der Waals surface area contributed by atoms with Gasteiger partial charge >= 0.3 is 0 Å². The van der Waals surface area contributed by atoms with Crippen molar-refractivity contribution in [3.63, 3.8) is 0 Å². The maximum Gasteiger partial charge on any atom is 0.224 e. The van der Waals surface area contributed by atoms with Gasteiger partial charge in [0, 0.05) is 6.20 Å². The van der Waals surface area contributed by atoms with E-state index in [-0.39, 0.29) is 5.56 Å². The molecule has 56 valence electrons. The Morgan fingerprint density at radius 2 is 2.45 bits per heavy atom. The fourth-order valence-corrected chi connectivity index (χ4v) is 0.680. The van der Waals surface area contributed by atoms with Gasteiger partial charge < -0.3 is 0 Å². The van der Waals surface area contributed by atoms with E-state index in [1.54, 1.807) is 0 Å². The molecule has 0 atom stereocenters. The number of nitrogens with zero attached hydrogens (tertiary/aromatic N) is 1. The number of carbonyl (C=O) groups excluding carboxylic acids is 1. The molecule has 1 heterocycles. The van der Waals surface area contributed by atoms with Crippen molar-refractivity contribution in [1.29, 1.82) is 0 Å². The minimum atomic E-state index is -0.752. The summed E-state index contributed by atoms with van der Waals surface area (Å²) in [5, 5.41) is 0. The van der Waals surface area contributed by atoms with Gasteiger partial charge in [-0.05, 0) is 18.2 Å². The summed E-state index contributed by atoms with van der Waals surface area (Å²) in [4.78, 5) is 14.1. The Hall–Kier alpha value is -1.51. The van der Waals surface area contributed by atoms with Gasteiger partial charge in [-0.1, -0.05) is 6.58 Å². The van der Waals surface area contributed by atoms with E-state index in [0.29, 0.717) is 0 Å². The molecule has 0 saturated carbocycles. The van der Waals surface area contributed by atoms with E-state index in [2.05, 4.69) is 11.6 Å². The molecule has 0 unspecified atom stereocenters. The number of ketones is 1. The van der Waals surface area contributed by atoms with E-state index in [9.17, 15) is 9.18 Å². The molecule has 11 heavy (non-hydrogen) atoms. The van der Waals surface area contributed by atoms with Crippen LogP contribution in [0.3, 0.4) is 0 Å². The molecule has 0 spiro atoms. The van der Waals surface area contributed by atoms with Crippen molar-refractivity contribution in [1.82, 2.24) is 4.98 Å². The standard InChI is InChI=1S/C8H6FNO/c1-2-7(11)6-4-3-5-10-8(6)9/h2-5H,1H2. The zero-order valence-electron chi connectivity index (χ0n) is 5.75. The summed E-state index contributed by atoms with van der Waals surface area (Å²) in [6.07, 6.45) is 2.34. The first-order valence-corrected chi connectivity index (χ1v) is 3.03. The second-order valence-electron chi connectivity index (χ2n) is 1.91. The van der Waals surface area contributed by atoms with Gasteiger partial charge in [0.25, 0.3) is 0 Å². The lowest BCUT2D eigenvalue weighted by molar-refractivity contribution is 0.104. The molecule has 0 amide bonds. The Kier molecular flexibility index (Phi) is 2.11. The Morgan fingerprint density at radius 3 is 3.00 bits per heavy atom. The zero-order valence-corrected chi connectivity index (χ0v) is 5.75. The fraction of sp³-hybridized carbons (Fsp3) is 0. The average Bonchev–Trinajstić information content (AvgIpc) is 2.04. The zero-order chi connectivity index (χ0) is 8.27. The number of aromatic nitrogens is 1. The highest BCUT2D eigenvalue weighted by atomic mass is 19.1.